The summed E-state index contributed by atoms with van der Waals surface area (Å²) in [6, 6.07) is 4.69. The molecule has 0 bridgehead atoms. The monoisotopic (exact) mass is 506 g/mol. The van der Waals surface area contributed by atoms with Gasteiger partial charge in [0.25, 0.3) is 0 Å². The van der Waals surface area contributed by atoms with Crippen molar-refractivity contribution in [2.24, 2.45) is 5.92 Å². The van der Waals surface area contributed by atoms with Crippen molar-refractivity contribution in [1.82, 2.24) is 9.88 Å². The van der Waals surface area contributed by atoms with Crippen LogP contribution >= 0.6 is 23.3 Å². The Hall–Kier alpha value is -2.66. The Kier molecular flexibility index (Phi) is 8.39. The van der Waals surface area contributed by atoms with Crippen LogP contribution in [0.25, 0.3) is 0 Å². The van der Waals surface area contributed by atoms with Crippen LogP contribution < -0.4 is 14.4 Å². The maximum atomic E-state index is 12.4. The smallest absolute Gasteiger partial charge is 0.409 e. The van der Waals surface area contributed by atoms with E-state index in [2.05, 4.69) is 9.62 Å². The van der Waals surface area contributed by atoms with E-state index in [1.165, 1.54) is 63.3 Å². The summed E-state index contributed by atoms with van der Waals surface area (Å²) in [5.74, 6) is -0.0255. The van der Waals surface area contributed by atoms with E-state index in [9.17, 15) is 9.59 Å². The van der Waals surface area contributed by atoms with Crippen molar-refractivity contribution in [1.29, 1.82) is 0 Å². The lowest BCUT2D eigenvalue weighted by molar-refractivity contribution is 0.0696. The summed E-state index contributed by atoms with van der Waals surface area (Å²) in [6.07, 6.45) is 5.92. The first kappa shape index (κ1) is 24.5. The fourth-order valence-corrected chi connectivity index (χ4v) is 5.82. The van der Waals surface area contributed by atoms with Gasteiger partial charge in [0.15, 0.2) is 5.13 Å². The number of piperazine rings is 1. The van der Waals surface area contributed by atoms with Crippen molar-refractivity contribution >= 4 is 46.2 Å². The molecule has 2 aliphatic rings. The van der Waals surface area contributed by atoms with Crippen LogP contribution in [0.5, 0.6) is 5.75 Å². The average molecular weight is 507 g/mol. The van der Waals surface area contributed by atoms with Gasteiger partial charge in [-0.25, -0.2) is 14.6 Å². The number of benzene rings is 1. The van der Waals surface area contributed by atoms with Crippen LogP contribution in [0.1, 0.15) is 42.5 Å². The Bertz CT molecular complexity index is 987. The third kappa shape index (κ3) is 6.26. The van der Waals surface area contributed by atoms with Crippen LogP contribution in [0, 0.1) is 5.92 Å². The molecular weight excluding hydrogens is 476 g/mol. The minimum absolute atomic E-state index is 0.167. The molecule has 1 amide bonds. The van der Waals surface area contributed by atoms with E-state index in [-0.39, 0.29) is 11.7 Å². The van der Waals surface area contributed by atoms with Gasteiger partial charge in [0.1, 0.15) is 10.8 Å². The highest BCUT2D eigenvalue weighted by molar-refractivity contribution is 8.00. The minimum Gasteiger partial charge on any atom is -0.495 e. The van der Waals surface area contributed by atoms with E-state index >= 15 is 0 Å². The van der Waals surface area contributed by atoms with E-state index in [0.717, 1.165) is 10.2 Å². The van der Waals surface area contributed by atoms with E-state index < -0.39 is 5.97 Å². The van der Waals surface area contributed by atoms with Crippen LogP contribution in [-0.2, 0) is 4.74 Å². The lowest BCUT2D eigenvalue weighted by Gasteiger charge is -2.34. The molecule has 4 rings (SSSR count). The van der Waals surface area contributed by atoms with Gasteiger partial charge in [0.05, 0.1) is 25.0 Å². The highest BCUT2D eigenvalue weighted by Crippen LogP contribution is 2.32. The molecule has 0 radical (unpaired) electrons. The number of nitrogens with one attached hydrogen (secondary N) is 1. The Morgan fingerprint density at radius 3 is 2.68 bits per heavy atom. The summed E-state index contributed by atoms with van der Waals surface area (Å²) in [4.78, 5) is 32.2. The molecule has 1 saturated carbocycles. The molecule has 0 atom stereocenters. The highest BCUT2D eigenvalue weighted by atomic mass is 32.2. The molecule has 34 heavy (non-hydrogen) atoms. The van der Waals surface area contributed by atoms with Gasteiger partial charge in [-0.3, -0.25) is 0 Å². The number of nitrogens with zero attached hydrogens (tertiary/aromatic N) is 3. The molecule has 1 aliphatic carbocycles. The second-order valence-corrected chi connectivity index (χ2v) is 10.1. The van der Waals surface area contributed by atoms with E-state index in [1.54, 1.807) is 22.3 Å². The van der Waals surface area contributed by atoms with Crippen molar-refractivity contribution in [3.63, 3.8) is 0 Å². The molecule has 11 heteroatoms. The zero-order chi connectivity index (χ0) is 23.9. The largest absolute Gasteiger partial charge is 0.495 e. The first-order valence-corrected chi connectivity index (χ1v) is 13.2. The van der Waals surface area contributed by atoms with Gasteiger partial charge in [-0.05, 0) is 37.0 Å². The number of aromatic carboxylic acids is 1. The molecule has 1 saturated heterocycles. The first-order valence-electron chi connectivity index (χ1n) is 11.5. The molecule has 1 aliphatic heterocycles. The number of carboxylic acids is 1. The van der Waals surface area contributed by atoms with E-state index in [1.807, 2.05) is 5.38 Å². The summed E-state index contributed by atoms with van der Waals surface area (Å²) in [5, 5.41) is 12.8. The molecule has 0 unspecified atom stereocenters. The number of methoxy groups -OCH3 is 1. The highest BCUT2D eigenvalue weighted by Gasteiger charge is 2.25. The molecule has 2 fully saturated rings. The normalized spacial score (nSPS) is 16.9. The molecule has 2 heterocycles. The maximum absolute atomic E-state index is 12.4. The standard InChI is InChI=1S/C23H30N4O5S2/c1-31-19-13-17(21(28)29)7-8-18(19)25-34-20-15-33-22(24-20)26-9-11-27(12-10-26)23(30)32-14-16-5-3-2-4-6-16/h7-8,13,15-16,25H,2-6,9-12,14H2,1H3,(H,28,29). The average Bonchev–Trinajstić information content (AvgIpc) is 3.35. The second-order valence-electron chi connectivity index (χ2n) is 8.45. The van der Waals surface area contributed by atoms with Gasteiger partial charge in [-0.2, -0.15) is 0 Å². The molecule has 9 nitrogen and oxygen atoms in total. The molecule has 2 N–H and O–H groups in total. The fourth-order valence-electron chi connectivity index (χ4n) is 4.17. The Balaban J connectivity index is 1.24. The van der Waals surface area contributed by atoms with E-state index in [4.69, 9.17) is 19.6 Å². The third-order valence-corrected chi connectivity index (χ3v) is 7.95. The van der Waals surface area contributed by atoms with Crippen LogP contribution in [0.15, 0.2) is 28.6 Å². The van der Waals surface area contributed by atoms with Gasteiger partial charge in [0, 0.05) is 43.5 Å². The quantitative estimate of drug-likeness (QED) is 0.488. The number of hydrogen-bond donors (Lipinski definition) is 2. The van der Waals surface area contributed by atoms with Crippen LogP contribution in [0.3, 0.4) is 0 Å². The van der Waals surface area contributed by atoms with Gasteiger partial charge in [0.2, 0.25) is 0 Å². The number of anilines is 2. The van der Waals surface area contributed by atoms with Gasteiger partial charge in [-0.15, -0.1) is 11.3 Å². The minimum atomic E-state index is -1.00. The Morgan fingerprint density at radius 1 is 1.21 bits per heavy atom. The number of hydrogen-bond acceptors (Lipinski definition) is 9. The van der Waals surface area contributed by atoms with Crippen molar-refractivity contribution in [2.45, 2.75) is 37.1 Å². The summed E-state index contributed by atoms with van der Waals surface area (Å²) in [5.41, 5.74) is 0.841. The number of thiazole rings is 1. The zero-order valence-electron chi connectivity index (χ0n) is 19.2. The first-order chi connectivity index (χ1) is 16.5. The lowest BCUT2D eigenvalue weighted by Crippen LogP contribution is -2.49. The maximum Gasteiger partial charge on any atom is 0.409 e. The summed E-state index contributed by atoms with van der Waals surface area (Å²) >= 11 is 2.89. The Morgan fingerprint density at radius 2 is 1.97 bits per heavy atom. The summed E-state index contributed by atoms with van der Waals surface area (Å²) in [7, 11) is 1.50. The van der Waals surface area contributed by atoms with Crippen LogP contribution in [-0.4, -0.2) is 66.9 Å². The van der Waals surface area contributed by atoms with Crippen molar-refractivity contribution in [2.75, 3.05) is 49.5 Å². The van der Waals surface area contributed by atoms with Crippen LogP contribution in [0.2, 0.25) is 0 Å². The second kappa shape index (κ2) is 11.7. The van der Waals surface area contributed by atoms with Crippen molar-refractivity contribution in [3.8, 4) is 5.75 Å². The zero-order valence-corrected chi connectivity index (χ0v) is 20.8. The number of aromatic nitrogens is 1. The predicted octanol–water partition coefficient (Wildman–Crippen LogP) is 4.81. The molecule has 184 valence electrons. The number of rotatable bonds is 8. The number of carbonyl (C=O) groups is 2. The number of amides is 1. The SMILES string of the molecule is COc1cc(C(=O)O)ccc1NSc1csc(N2CCN(C(=O)OCC3CCCCC3)CC2)n1. The van der Waals surface area contributed by atoms with Crippen LogP contribution in [0.4, 0.5) is 15.6 Å². The molecular formula is C23H30N4O5S2. The predicted molar refractivity (Wildman–Crippen MR) is 133 cm³/mol. The topological polar surface area (TPSA) is 104 Å². The molecule has 2 aromatic rings. The van der Waals surface area contributed by atoms with Gasteiger partial charge in [-0.1, -0.05) is 19.3 Å². The van der Waals surface area contributed by atoms with Gasteiger partial charge >= 0.3 is 12.1 Å². The summed E-state index contributed by atoms with van der Waals surface area (Å²) in [6.45, 7) is 3.22. The van der Waals surface area contributed by atoms with Crippen molar-refractivity contribution in [3.05, 3.63) is 29.1 Å². The lowest BCUT2D eigenvalue weighted by atomic mass is 9.90. The molecule has 1 aromatic heterocycles. The molecule has 0 spiro atoms. The van der Waals surface area contributed by atoms with E-state index in [0.29, 0.717) is 50.1 Å². The number of carbonyl (C=O) groups excluding carboxylic acids is 1. The Labute approximate surface area is 207 Å². The summed E-state index contributed by atoms with van der Waals surface area (Å²) < 4.78 is 14.1. The third-order valence-electron chi connectivity index (χ3n) is 6.16. The van der Waals surface area contributed by atoms with Crippen molar-refractivity contribution < 1.29 is 24.2 Å². The fraction of sp³-hybridized carbons (Fsp3) is 0.522. The van der Waals surface area contributed by atoms with Gasteiger partial charge < -0.3 is 29.1 Å². The number of ether oxygens (including phenoxy) is 2. The number of carboxylic acid groups (broad SMARTS) is 1. The molecule has 1 aromatic carbocycles.